The van der Waals surface area contributed by atoms with Gasteiger partial charge in [-0.3, -0.25) is 0 Å². The van der Waals surface area contributed by atoms with Crippen molar-refractivity contribution in [2.24, 2.45) is 0 Å². The van der Waals surface area contributed by atoms with Crippen molar-refractivity contribution in [3.63, 3.8) is 0 Å². The highest BCUT2D eigenvalue weighted by molar-refractivity contribution is 5.48. The van der Waals surface area contributed by atoms with E-state index >= 15 is 0 Å². The Balaban J connectivity index is 1.62. The molecule has 0 amide bonds. The van der Waals surface area contributed by atoms with Crippen LogP contribution in [0.4, 0.5) is 0 Å². The monoisotopic (exact) mass is 294 g/mol. The lowest BCUT2D eigenvalue weighted by atomic mass is 10.0. The predicted octanol–water partition coefficient (Wildman–Crippen LogP) is 2.66. The molecule has 1 N–H and O–H groups in total. The molecule has 22 heavy (non-hydrogen) atoms. The number of nitrogens with one attached hydrogen (secondary N) is 1. The molecule has 0 aliphatic carbocycles. The van der Waals surface area contributed by atoms with Crippen molar-refractivity contribution in [1.82, 2.24) is 5.32 Å². The van der Waals surface area contributed by atoms with Gasteiger partial charge in [-0.1, -0.05) is 24.3 Å². The lowest BCUT2D eigenvalue weighted by Crippen LogP contribution is -2.38. The third kappa shape index (κ3) is 3.05. The minimum Gasteiger partial charge on any atom is -0.493 e. The van der Waals surface area contributed by atoms with Gasteiger partial charge in [-0.15, -0.1) is 0 Å². The molecule has 0 saturated carbocycles. The molecule has 4 nitrogen and oxygen atoms in total. The molecule has 4 heteroatoms. The quantitative estimate of drug-likeness (QED) is 0.942. The smallest absolute Gasteiger partial charge is 0.164 e. The third-order valence-electron chi connectivity index (χ3n) is 3.85. The highest BCUT2D eigenvalue weighted by Gasteiger charge is 2.22. The Morgan fingerprint density at radius 1 is 1.27 bits per heavy atom. The van der Waals surface area contributed by atoms with E-state index in [0.717, 1.165) is 30.0 Å². The molecule has 0 bridgehead atoms. The number of methoxy groups -OCH3 is 1. The first-order valence-corrected chi connectivity index (χ1v) is 7.31. The first-order chi connectivity index (χ1) is 10.8. The second-order valence-electron chi connectivity index (χ2n) is 5.35. The van der Waals surface area contributed by atoms with E-state index in [-0.39, 0.29) is 6.04 Å². The Kier molecular flexibility index (Phi) is 4.27. The summed E-state index contributed by atoms with van der Waals surface area (Å²) in [5, 5.41) is 12.3. The second-order valence-corrected chi connectivity index (χ2v) is 5.35. The Labute approximate surface area is 130 Å². The Morgan fingerprint density at radius 2 is 2.09 bits per heavy atom. The highest BCUT2D eigenvalue weighted by Crippen LogP contribution is 2.34. The summed E-state index contributed by atoms with van der Waals surface area (Å²) in [4.78, 5) is 0. The average Bonchev–Trinajstić information content (AvgIpc) is 2.59. The Hall–Kier alpha value is -2.51. The topological polar surface area (TPSA) is 54.3 Å². The van der Waals surface area contributed by atoms with Crippen LogP contribution in [0.1, 0.15) is 16.7 Å². The van der Waals surface area contributed by atoms with Gasteiger partial charge in [0.1, 0.15) is 6.61 Å². The number of fused-ring (bicyclic) bond motifs is 1. The van der Waals surface area contributed by atoms with Crippen molar-refractivity contribution in [2.45, 2.75) is 19.0 Å². The maximum Gasteiger partial charge on any atom is 0.164 e. The van der Waals surface area contributed by atoms with Crippen molar-refractivity contribution in [3.05, 3.63) is 59.2 Å². The van der Waals surface area contributed by atoms with Crippen LogP contribution < -0.4 is 14.8 Å². The van der Waals surface area contributed by atoms with Crippen LogP contribution >= 0.6 is 0 Å². The molecule has 1 aliphatic rings. The molecule has 1 unspecified atom stereocenters. The molecule has 1 heterocycles. The normalized spacial score (nSPS) is 16.3. The summed E-state index contributed by atoms with van der Waals surface area (Å²) in [5.41, 5.74) is 3.02. The summed E-state index contributed by atoms with van der Waals surface area (Å²) in [7, 11) is 1.66. The largest absolute Gasteiger partial charge is 0.493 e. The van der Waals surface area contributed by atoms with Gasteiger partial charge in [-0.05, 0) is 35.7 Å². The fraction of sp³-hybridized carbons (Fsp3) is 0.278. The first-order valence-electron chi connectivity index (χ1n) is 7.31. The SMILES string of the molecule is COc1cccc2c1OCC(NCc1ccc(C#N)cc1)C2. The number of ether oxygens (including phenoxy) is 2. The molecule has 1 atom stereocenters. The standard InChI is InChI=1S/C18H18N2O2/c1-21-17-4-2-3-15-9-16(12-22-18(15)17)20-11-14-7-5-13(10-19)6-8-14/h2-8,16,20H,9,11-12H2,1H3. The maximum absolute atomic E-state index is 8.81. The fourth-order valence-corrected chi connectivity index (χ4v) is 2.65. The van der Waals surface area contributed by atoms with E-state index in [1.54, 1.807) is 7.11 Å². The predicted molar refractivity (Wildman–Crippen MR) is 84.0 cm³/mol. The number of hydrogen-bond donors (Lipinski definition) is 1. The Bertz CT molecular complexity index is 689. The molecule has 0 aromatic heterocycles. The number of rotatable bonds is 4. The van der Waals surface area contributed by atoms with Crippen LogP contribution in [0.25, 0.3) is 0 Å². The van der Waals surface area contributed by atoms with Gasteiger partial charge in [0.15, 0.2) is 11.5 Å². The Morgan fingerprint density at radius 3 is 2.82 bits per heavy atom. The van der Waals surface area contributed by atoms with E-state index in [1.165, 1.54) is 5.56 Å². The zero-order chi connectivity index (χ0) is 15.4. The van der Waals surface area contributed by atoms with Crippen LogP contribution in [-0.2, 0) is 13.0 Å². The van der Waals surface area contributed by atoms with Gasteiger partial charge in [-0.2, -0.15) is 5.26 Å². The van der Waals surface area contributed by atoms with Crippen LogP contribution in [0, 0.1) is 11.3 Å². The molecule has 0 radical (unpaired) electrons. The van der Waals surface area contributed by atoms with Crippen LogP contribution in [0.5, 0.6) is 11.5 Å². The first kappa shape index (κ1) is 14.4. The van der Waals surface area contributed by atoms with E-state index in [2.05, 4.69) is 17.5 Å². The number of para-hydroxylation sites is 1. The van der Waals surface area contributed by atoms with Gasteiger partial charge in [0.05, 0.1) is 18.7 Å². The highest BCUT2D eigenvalue weighted by atomic mass is 16.5. The number of benzene rings is 2. The summed E-state index contributed by atoms with van der Waals surface area (Å²) < 4.78 is 11.2. The fourth-order valence-electron chi connectivity index (χ4n) is 2.65. The average molecular weight is 294 g/mol. The van der Waals surface area contributed by atoms with Gasteiger partial charge < -0.3 is 14.8 Å². The number of nitriles is 1. The van der Waals surface area contributed by atoms with E-state index in [9.17, 15) is 0 Å². The van der Waals surface area contributed by atoms with Gasteiger partial charge in [0, 0.05) is 12.6 Å². The summed E-state index contributed by atoms with van der Waals surface area (Å²) in [6, 6.07) is 16.0. The van der Waals surface area contributed by atoms with E-state index < -0.39 is 0 Å². The van der Waals surface area contributed by atoms with Crippen molar-refractivity contribution in [2.75, 3.05) is 13.7 Å². The molecule has 3 rings (SSSR count). The van der Waals surface area contributed by atoms with Crippen LogP contribution in [0.15, 0.2) is 42.5 Å². The summed E-state index contributed by atoms with van der Waals surface area (Å²) >= 11 is 0. The molecule has 0 saturated heterocycles. The lowest BCUT2D eigenvalue weighted by molar-refractivity contribution is 0.226. The van der Waals surface area contributed by atoms with E-state index in [0.29, 0.717) is 12.2 Å². The molecular formula is C18H18N2O2. The van der Waals surface area contributed by atoms with Gasteiger partial charge in [0.25, 0.3) is 0 Å². The molecule has 0 spiro atoms. The van der Waals surface area contributed by atoms with Gasteiger partial charge in [-0.25, -0.2) is 0 Å². The summed E-state index contributed by atoms with van der Waals surface area (Å²) in [6.07, 6.45) is 0.919. The molecule has 112 valence electrons. The molecule has 2 aromatic rings. The molecule has 0 fully saturated rings. The number of hydrogen-bond acceptors (Lipinski definition) is 4. The zero-order valence-corrected chi connectivity index (χ0v) is 12.5. The zero-order valence-electron chi connectivity index (χ0n) is 12.5. The lowest BCUT2D eigenvalue weighted by Gasteiger charge is -2.27. The van der Waals surface area contributed by atoms with Crippen molar-refractivity contribution in [3.8, 4) is 17.6 Å². The second kappa shape index (κ2) is 6.50. The molecule has 1 aliphatic heterocycles. The molecular weight excluding hydrogens is 276 g/mol. The minimum atomic E-state index is 0.273. The maximum atomic E-state index is 8.81. The van der Waals surface area contributed by atoms with E-state index in [4.69, 9.17) is 14.7 Å². The summed E-state index contributed by atoms with van der Waals surface area (Å²) in [6.45, 7) is 1.39. The van der Waals surface area contributed by atoms with Crippen LogP contribution in [0.3, 0.4) is 0 Å². The van der Waals surface area contributed by atoms with Crippen molar-refractivity contribution >= 4 is 0 Å². The van der Waals surface area contributed by atoms with Crippen molar-refractivity contribution < 1.29 is 9.47 Å². The van der Waals surface area contributed by atoms with Crippen LogP contribution in [0.2, 0.25) is 0 Å². The minimum absolute atomic E-state index is 0.273. The summed E-state index contributed by atoms with van der Waals surface area (Å²) in [5.74, 6) is 1.66. The van der Waals surface area contributed by atoms with Gasteiger partial charge >= 0.3 is 0 Å². The van der Waals surface area contributed by atoms with Crippen molar-refractivity contribution in [1.29, 1.82) is 5.26 Å². The third-order valence-corrected chi connectivity index (χ3v) is 3.85. The van der Waals surface area contributed by atoms with E-state index in [1.807, 2.05) is 36.4 Å². The van der Waals surface area contributed by atoms with Gasteiger partial charge in [0.2, 0.25) is 0 Å². The van der Waals surface area contributed by atoms with Crippen LogP contribution in [-0.4, -0.2) is 19.8 Å². The number of nitrogens with zero attached hydrogens (tertiary/aromatic N) is 1. The molecule has 2 aromatic carbocycles.